The molecule has 1 aromatic carbocycles. The molecule has 0 radical (unpaired) electrons. The van der Waals surface area contributed by atoms with E-state index >= 15 is 0 Å². The fraction of sp³-hybridized carbons (Fsp3) is 0. The Labute approximate surface area is 78.7 Å². The van der Waals surface area contributed by atoms with E-state index in [2.05, 4.69) is 4.84 Å². The summed E-state index contributed by atoms with van der Waals surface area (Å²) in [6.07, 6.45) is 0. The normalized spacial score (nSPS) is 10.2. The monoisotopic (exact) mass is 193 g/mol. The number of hydrogen-bond donors (Lipinski definition) is 1. The Morgan fingerprint density at radius 2 is 2.23 bits per heavy atom. The molecule has 2 aromatic rings. The highest BCUT2D eigenvalue weighted by Crippen LogP contribution is 2.24. The van der Waals surface area contributed by atoms with Crippen molar-refractivity contribution in [2.24, 2.45) is 5.90 Å². The number of benzene rings is 1. The molecular formula is C9H7NO2S. The molecule has 0 unspecified atom stereocenters. The third-order valence-electron chi connectivity index (χ3n) is 1.81. The van der Waals surface area contributed by atoms with Gasteiger partial charge in [-0.2, -0.15) is 5.90 Å². The van der Waals surface area contributed by atoms with Crippen LogP contribution in [0.2, 0.25) is 0 Å². The van der Waals surface area contributed by atoms with Crippen LogP contribution in [0, 0.1) is 0 Å². The van der Waals surface area contributed by atoms with E-state index in [1.807, 2.05) is 17.5 Å². The summed E-state index contributed by atoms with van der Waals surface area (Å²) >= 11 is 1.50. The van der Waals surface area contributed by atoms with Crippen molar-refractivity contribution in [2.75, 3.05) is 0 Å². The standard InChI is InChI=1S/C9H7NO2S/c10-12-9(11)7-3-1-2-6-4-5-13-8(6)7/h1-5H,10H2. The van der Waals surface area contributed by atoms with Gasteiger partial charge in [-0.05, 0) is 22.9 Å². The van der Waals surface area contributed by atoms with Gasteiger partial charge in [0.2, 0.25) is 0 Å². The lowest BCUT2D eigenvalue weighted by molar-refractivity contribution is 0.0506. The third kappa shape index (κ3) is 1.30. The van der Waals surface area contributed by atoms with Crippen LogP contribution >= 0.6 is 11.3 Å². The van der Waals surface area contributed by atoms with Crippen LogP contribution in [0.25, 0.3) is 10.1 Å². The van der Waals surface area contributed by atoms with Crippen molar-refractivity contribution in [1.82, 2.24) is 0 Å². The number of rotatable bonds is 1. The van der Waals surface area contributed by atoms with Crippen LogP contribution in [-0.2, 0) is 4.84 Å². The molecule has 0 saturated carbocycles. The molecule has 1 heterocycles. The molecule has 2 rings (SSSR count). The third-order valence-corrected chi connectivity index (χ3v) is 2.77. The van der Waals surface area contributed by atoms with Gasteiger partial charge < -0.3 is 4.84 Å². The summed E-state index contributed by atoms with van der Waals surface area (Å²) in [6.45, 7) is 0. The Bertz CT molecular complexity index is 450. The van der Waals surface area contributed by atoms with Crippen LogP contribution in [0.5, 0.6) is 0 Å². The van der Waals surface area contributed by atoms with E-state index < -0.39 is 5.97 Å². The first-order valence-electron chi connectivity index (χ1n) is 3.70. The minimum atomic E-state index is -0.493. The molecule has 0 bridgehead atoms. The van der Waals surface area contributed by atoms with Gasteiger partial charge in [0.05, 0.1) is 5.56 Å². The van der Waals surface area contributed by atoms with Gasteiger partial charge >= 0.3 is 5.97 Å². The molecule has 13 heavy (non-hydrogen) atoms. The maximum absolute atomic E-state index is 11.2. The first-order valence-corrected chi connectivity index (χ1v) is 4.58. The quantitative estimate of drug-likeness (QED) is 0.704. The van der Waals surface area contributed by atoms with E-state index in [0.717, 1.165) is 10.1 Å². The number of carbonyl (C=O) groups excluding carboxylic acids is 1. The summed E-state index contributed by atoms with van der Waals surface area (Å²) in [4.78, 5) is 15.4. The lowest BCUT2D eigenvalue weighted by Gasteiger charge is -1.98. The van der Waals surface area contributed by atoms with Crippen LogP contribution in [0.1, 0.15) is 10.4 Å². The van der Waals surface area contributed by atoms with E-state index in [1.165, 1.54) is 11.3 Å². The number of hydrogen-bond acceptors (Lipinski definition) is 4. The zero-order chi connectivity index (χ0) is 9.26. The molecule has 0 amide bonds. The fourth-order valence-electron chi connectivity index (χ4n) is 1.22. The second-order valence-electron chi connectivity index (χ2n) is 2.55. The largest absolute Gasteiger partial charge is 0.370 e. The summed E-state index contributed by atoms with van der Waals surface area (Å²) in [6, 6.07) is 7.40. The van der Waals surface area contributed by atoms with E-state index in [9.17, 15) is 4.79 Å². The molecule has 0 atom stereocenters. The van der Waals surface area contributed by atoms with Gasteiger partial charge in [-0.25, -0.2) is 4.79 Å². The van der Waals surface area contributed by atoms with Gasteiger partial charge in [-0.1, -0.05) is 12.1 Å². The summed E-state index contributed by atoms with van der Waals surface area (Å²) < 4.78 is 0.915. The number of fused-ring (bicyclic) bond motifs is 1. The Kier molecular flexibility index (Phi) is 2.00. The summed E-state index contributed by atoms with van der Waals surface area (Å²) in [5, 5.41) is 2.96. The second-order valence-corrected chi connectivity index (χ2v) is 3.47. The van der Waals surface area contributed by atoms with Gasteiger partial charge in [0, 0.05) is 4.70 Å². The summed E-state index contributed by atoms with van der Waals surface area (Å²) in [5.74, 6) is 4.33. The average Bonchev–Trinajstić information content (AvgIpc) is 2.63. The van der Waals surface area contributed by atoms with Gasteiger partial charge in [0.15, 0.2) is 0 Å². The maximum atomic E-state index is 11.2. The number of thiophene rings is 1. The predicted octanol–water partition coefficient (Wildman–Crippen LogP) is 1.93. The molecule has 3 nitrogen and oxygen atoms in total. The van der Waals surface area contributed by atoms with Crippen LogP contribution in [0.3, 0.4) is 0 Å². The zero-order valence-electron chi connectivity index (χ0n) is 6.69. The molecule has 0 saturated heterocycles. The first-order chi connectivity index (χ1) is 6.33. The molecule has 1 aromatic heterocycles. The van der Waals surface area contributed by atoms with Gasteiger partial charge in [-0.15, -0.1) is 11.3 Å². The molecule has 4 heteroatoms. The molecule has 0 fully saturated rings. The number of nitrogens with two attached hydrogens (primary N) is 1. The fourth-order valence-corrected chi connectivity index (χ4v) is 2.12. The highest BCUT2D eigenvalue weighted by Gasteiger charge is 2.10. The van der Waals surface area contributed by atoms with E-state index in [4.69, 9.17) is 5.90 Å². The van der Waals surface area contributed by atoms with Crippen LogP contribution in [-0.4, -0.2) is 5.97 Å². The average molecular weight is 193 g/mol. The number of carbonyl (C=O) groups is 1. The molecular weight excluding hydrogens is 186 g/mol. The molecule has 0 aliphatic carbocycles. The van der Waals surface area contributed by atoms with E-state index in [-0.39, 0.29) is 0 Å². The smallest absolute Gasteiger partial charge is 0.358 e. The SMILES string of the molecule is NOC(=O)c1cccc2ccsc12. The molecule has 0 aliphatic rings. The van der Waals surface area contributed by atoms with Crippen LogP contribution in [0.4, 0.5) is 0 Å². The van der Waals surface area contributed by atoms with Crippen LogP contribution in [0.15, 0.2) is 29.6 Å². The predicted molar refractivity (Wildman–Crippen MR) is 51.4 cm³/mol. The zero-order valence-corrected chi connectivity index (χ0v) is 7.51. The minimum Gasteiger partial charge on any atom is -0.370 e. The molecule has 0 aliphatic heterocycles. The van der Waals surface area contributed by atoms with Crippen molar-refractivity contribution >= 4 is 27.4 Å². The lowest BCUT2D eigenvalue weighted by atomic mass is 10.2. The second kappa shape index (κ2) is 3.16. The Morgan fingerprint density at radius 1 is 1.38 bits per heavy atom. The van der Waals surface area contributed by atoms with E-state index in [0.29, 0.717) is 5.56 Å². The first kappa shape index (κ1) is 8.22. The van der Waals surface area contributed by atoms with Crippen molar-refractivity contribution in [1.29, 1.82) is 0 Å². The van der Waals surface area contributed by atoms with Crippen LogP contribution < -0.4 is 5.90 Å². The Hall–Kier alpha value is -1.39. The summed E-state index contributed by atoms with van der Waals surface area (Å²) in [5.41, 5.74) is 0.523. The highest BCUT2D eigenvalue weighted by atomic mass is 32.1. The minimum absolute atomic E-state index is 0.493. The maximum Gasteiger partial charge on any atom is 0.358 e. The van der Waals surface area contributed by atoms with E-state index in [1.54, 1.807) is 12.1 Å². The van der Waals surface area contributed by atoms with Crippen molar-refractivity contribution in [3.8, 4) is 0 Å². The highest BCUT2D eigenvalue weighted by molar-refractivity contribution is 7.17. The summed E-state index contributed by atoms with van der Waals surface area (Å²) in [7, 11) is 0. The topological polar surface area (TPSA) is 52.3 Å². The Morgan fingerprint density at radius 3 is 3.00 bits per heavy atom. The molecule has 2 N–H and O–H groups in total. The van der Waals surface area contributed by atoms with Crippen molar-refractivity contribution in [3.05, 3.63) is 35.2 Å². The molecule has 66 valence electrons. The Balaban J connectivity index is 2.67. The van der Waals surface area contributed by atoms with Gasteiger partial charge in [0.1, 0.15) is 0 Å². The van der Waals surface area contributed by atoms with Crippen molar-refractivity contribution in [3.63, 3.8) is 0 Å². The molecule has 0 spiro atoms. The van der Waals surface area contributed by atoms with Gasteiger partial charge in [-0.3, -0.25) is 0 Å². The van der Waals surface area contributed by atoms with Crippen molar-refractivity contribution < 1.29 is 9.63 Å². The lowest BCUT2D eigenvalue weighted by Crippen LogP contribution is -2.09. The van der Waals surface area contributed by atoms with Gasteiger partial charge in [0.25, 0.3) is 0 Å². The van der Waals surface area contributed by atoms with Crippen molar-refractivity contribution in [2.45, 2.75) is 0 Å².